The Balaban J connectivity index is 1.38. The van der Waals surface area contributed by atoms with E-state index in [2.05, 4.69) is 9.97 Å². The Hall–Kier alpha value is -2.18. The molecule has 1 amide bonds. The van der Waals surface area contributed by atoms with Crippen molar-refractivity contribution in [3.05, 3.63) is 11.9 Å². The zero-order chi connectivity index (χ0) is 25.4. The third-order valence-corrected chi connectivity index (χ3v) is 7.80. The van der Waals surface area contributed by atoms with E-state index in [9.17, 15) is 13.2 Å². The molecule has 0 saturated carbocycles. The van der Waals surface area contributed by atoms with Crippen molar-refractivity contribution in [3.63, 3.8) is 0 Å². The third-order valence-electron chi connectivity index (χ3n) is 6.50. The maximum atomic E-state index is 12.8. The van der Waals surface area contributed by atoms with E-state index in [0.717, 1.165) is 0 Å². The van der Waals surface area contributed by atoms with E-state index >= 15 is 0 Å². The molecule has 3 saturated heterocycles. The predicted octanol–water partition coefficient (Wildman–Crippen LogP) is 2.13. The van der Waals surface area contributed by atoms with Gasteiger partial charge in [0.1, 0.15) is 24.1 Å². The molecule has 3 aliphatic rings. The maximum absolute atomic E-state index is 12.8. The lowest BCUT2D eigenvalue weighted by molar-refractivity contribution is -0.0999. The Morgan fingerprint density at radius 3 is 2.09 bits per heavy atom. The highest BCUT2D eigenvalue weighted by Gasteiger charge is 2.44. The van der Waals surface area contributed by atoms with Crippen molar-refractivity contribution in [2.75, 3.05) is 32.6 Å². The summed E-state index contributed by atoms with van der Waals surface area (Å²) in [6.07, 6.45) is 4.49. The van der Waals surface area contributed by atoms with Crippen LogP contribution in [0.1, 0.15) is 52.0 Å². The molecule has 12 heteroatoms. The molecule has 0 N–H and O–H groups in total. The van der Waals surface area contributed by atoms with E-state index in [1.165, 1.54) is 16.9 Å². The van der Waals surface area contributed by atoms with Crippen LogP contribution in [0.3, 0.4) is 0 Å². The minimum Gasteiger partial charge on any atom is -0.474 e. The zero-order valence-electron chi connectivity index (χ0n) is 21.1. The van der Waals surface area contributed by atoms with Crippen LogP contribution in [0.15, 0.2) is 6.33 Å². The number of amides is 1. The van der Waals surface area contributed by atoms with Crippen molar-refractivity contribution in [1.29, 1.82) is 0 Å². The van der Waals surface area contributed by atoms with Gasteiger partial charge in [0.05, 0.1) is 37.1 Å². The number of carbonyl (C=O) groups is 1. The summed E-state index contributed by atoms with van der Waals surface area (Å²) in [5.74, 6) is 0.904. The van der Waals surface area contributed by atoms with Gasteiger partial charge in [-0.1, -0.05) is 0 Å². The number of nitrogens with zero attached hydrogens (tertiary/aromatic N) is 4. The SMILES string of the molecule is Cc1c(OC2CCN(S(C)(=O)=O)CC2)ncnc1OC1CC2COCC(C1)N2C(=O)OC(C)(C)C. The van der Waals surface area contributed by atoms with Crippen LogP contribution in [0.5, 0.6) is 11.8 Å². The molecule has 0 spiro atoms. The Morgan fingerprint density at radius 1 is 1.03 bits per heavy atom. The van der Waals surface area contributed by atoms with Crippen LogP contribution in [0.4, 0.5) is 4.79 Å². The number of rotatable bonds is 5. The first-order chi connectivity index (χ1) is 16.4. The van der Waals surface area contributed by atoms with Crippen molar-refractivity contribution >= 4 is 16.1 Å². The Labute approximate surface area is 207 Å². The number of carbonyl (C=O) groups excluding carboxylic acids is 1. The molecule has 0 radical (unpaired) electrons. The Bertz CT molecular complexity index is 1010. The first kappa shape index (κ1) is 25.9. The van der Waals surface area contributed by atoms with Crippen LogP contribution in [0.2, 0.25) is 0 Å². The molecule has 4 rings (SSSR count). The quantitative estimate of drug-likeness (QED) is 0.584. The van der Waals surface area contributed by atoms with Crippen LogP contribution < -0.4 is 9.47 Å². The van der Waals surface area contributed by atoms with Gasteiger partial charge in [-0.3, -0.25) is 4.90 Å². The van der Waals surface area contributed by atoms with Gasteiger partial charge in [-0.15, -0.1) is 0 Å². The van der Waals surface area contributed by atoms with E-state index in [1.807, 2.05) is 27.7 Å². The first-order valence-corrected chi connectivity index (χ1v) is 13.9. The van der Waals surface area contributed by atoms with Crippen molar-refractivity contribution in [1.82, 2.24) is 19.2 Å². The smallest absolute Gasteiger partial charge is 0.410 e. The molecule has 3 fully saturated rings. The maximum Gasteiger partial charge on any atom is 0.410 e. The highest BCUT2D eigenvalue weighted by molar-refractivity contribution is 7.88. The second-order valence-electron chi connectivity index (χ2n) is 10.5. The molecule has 0 aliphatic carbocycles. The summed E-state index contributed by atoms with van der Waals surface area (Å²) in [6, 6.07) is -0.250. The number of fused-ring (bicyclic) bond motifs is 2. The molecule has 196 valence electrons. The van der Waals surface area contributed by atoms with Gasteiger partial charge in [0.15, 0.2) is 0 Å². The van der Waals surface area contributed by atoms with Crippen molar-refractivity contribution in [2.24, 2.45) is 0 Å². The molecule has 11 nitrogen and oxygen atoms in total. The summed E-state index contributed by atoms with van der Waals surface area (Å²) in [6.45, 7) is 9.18. The highest BCUT2D eigenvalue weighted by atomic mass is 32.2. The second kappa shape index (κ2) is 10.1. The van der Waals surface area contributed by atoms with Crippen molar-refractivity contribution < 1.29 is 32.2 Å². The molecule has 0 aromatic carbocycles. The summed E-state index contributed by atoms with van der Waals surface area (Å²) in [4.78, 5) is 23.2. The number of hydrogen-bond acceptors (Lipinski definition) is 9. The van der Waals surface area contributed by atoms with Crippen LogP contribution in [0.25, 0.3) is 0 Å². The number of sulfonamides is 1. The summed E-state index contributed by atoms with van der Waals surface area (Å²) in [5, 5.41) is 0. The topological polar surface area (TPSA) is 120 Å². The fourth-order valence-corrected chi connectivity index (χ4v) is 5.70. The number of morpholine rings is 1. The van der Waals surface area contributed by atoms with Gasteiger partial charge < -0.3 is 18.9 Å². The minimum atomic E-state index is -3.19. The Kier molecular flexibility index (Phi) is 7.44. The summed E-state index contributed by atoms with van der Waals surface area (Å²) in [7, 11) is -3.19. The van der Waals surface area contributed by atoms with E-state index in [0.29, 0.717) is 69.3 Å². The second-order valence-corrected chi connectivity index (χ2v) is 12.5. The summed E-state index contributed by atoms with van der Waals surface area (Å²) >= 11 is 0. The normalized spacial score (nSPS) is 26.3. The molecule has 3 aliphatic heterocycles. The van der Waals surface area contributed by atoms with Gasteiger partial charge in [0.25, 0.3) is 0 Å². The van der Waals surface area contributed by atoms with Gasteiger partial charge in [-0.05, 0) is 40.5 Å². The number of ether oxygens (including phenoxy) is 4. The molecule has 4 heterocycles. The zero-order valence-corrected chi connectivity index (χ0v) is 21.9. The first-order valence-electron chi connectivity index (χ1n) is 12.1. The van der Waals surface area contributed by atoms with Gasteiger partial charge in [-0.25, -0.2) is 27.5 Å². The van der Waals surface area contributed by atoms with Crippen LogP contribution in [0, 0.1) is 6.92 Å². The van der Waals surface area contributed by atoms with Crippen LogP contribution >= 0.6 is 0 Å². The standard InChI is InChI=1S/C23H36N4O7S/c1-15-20(32-18-6-8-26(9-7-18)35(5,29)30)24-14-25-21(15)33-19-10-16-12-31-13-17(11-19)27(16)22(28)34-23(2,3)4/h14,16-19H,6-13H2,1-5H3. The van der Waals surface area contributed by atoms with Gasteiger partial charge in [0.2, 0.25) is 21.8 Å². The van der Waals surface area contributed by atoms with Gasteiger partial charge in [-0.2, -0.15) is 0 Å². The van der Waals surface area contributed by atoms with Crippen LogP contribution in [-0.2, 0) is 19.5 Å². The summed E-state index contributed by atoms with van der Waals surface area (Å²) < 4.78 is 48.7. The largest absolute Gasteiger partial charge is 0.474 e. The molecule has 2 bridgehead atoms. The number of aromatic nitrogens is 2. The lowest BCUT2D eigenvalue weighted by Crippen LogP contribution is -2.61. The lowest BCUT2D eigenvalue weighted by atomic mass is 9.92. The number of hydrogen-bond donors (Lipinski definition) is 0. The van der Waals surface area contributed by atoms with Crippen LogP contribution in [-0.4, -0.2) is 96.1 Å². The molecule has 2 atom stereocenters. The average molecular weight is 513 g/mol. The Morgan fingerprint density at radius 2 is 1.57 bits per heavy atom. The molecule has 1 aromatic heterocycles. The fourth-order valence-electron chi connectivity index (χ4n) is 4.83. The summed E-state index contributed by atoms with van der Waals surface area (Å²) in [5.41, 5.74) is 0.143. The molecular formula is C23H36N4O7S. The van der Waals surface area contributed by atoms with E-state index in [1.54, 1.807) is 4.90 Å². The van der Waals surface area contributed by atoms with E-state index in [-0.39, 0.29) is 30.4 Å². The predicted molar refractivity (Wildman–Crippen MR) is 127 cm³/mol. The van der Waals surface area contributed by atoms with E-state index < -0.39 is 15.6 Å². The molecule has 2 unspecified atom stereocenters. The fraction of sp³-hybridized carbons (Fsp3) is 0.783. The molecule has 35 heavy (non-hydrogen) atoms. The molecular weight excluding hydrogens is 476 g/mol. The minimum absolute atomic E-state index is 0.122. The highest BCUT2D eigenvalue weighted by Crippen LogP contribution is 2.33. The third kappa shape index (κ3) is 6.34. The van der Waals surface area contributed by atoms with Crippen molar-refractivity contribution in [3.8, 4) is 11.8 Å². The van der Waals surface area contributed by atoms with Gasteiger partial charge >= 0.3 is 6.09 Å². The lowest BCUT2D eigenvalue weighted by Gasteiger charge is -2.47. The average Bonchev–Trinajstić information content (AvgIpc) is 2.74. The molecule has 1 aromatic rings. The number of piperidine rings is 2. The van der Waals surface area contributed by atoms with Gasteiger partial charge in [0, 0.05) is 25.9 Å². The monoisotopic (exact) mass is 512 g/mol. The van der Waals surface area contributed by atoms with Crippen molar-refractivity contribution in [2.45, 2.75) is 83.3 Å². The van der Waals surface area contributed by atoms with E-state index in [4.69, 9.17) is 18.9 Å².